The van der Waals surface area contributed by atoms with E-state index >= 15 is 0 Å². The minimum absolute atomic E-state index is 0.00499. The molecule has 4 aliphatic rings. The van der Waals surface area contributed by atoms with E-state index in [4.69, 9.17) is 14.2 Å². The summed E-state index contributed by atoms with van der Waals surface area (Å²) in [6.07, 6.45) is 10.1. The van der Waals surface area contributed by atoms with Crippen LogP contribution in [0.25, 0.3) is 0 Å². The zero-order valence-electron chi connectivity index (χ0n) is 35.6. The Kier molecular flexibility index (Phi) is 12.0. The number of aliphatic hydroxyl groups is 1. The minimum Gasteiger partial charge on any atom is -0.458 e. The smallest absolute Gasteiger partial charge is 0.339 e. The van der Waals surface area contributed by atoms with Crippen LogP contribution < -0.4 is 0 Å². The maximum absolute atomic E-state index is 14.3. The van der Waals surface area contributed by atoms with E-state index in [0.717, 1.165) is 36.0 Å². The van der Waals surface area contributed by atoms with Gasteiger partial charge in [-0.3, -0.25) is 14.2 Å². The molecule has 4 saturated carbocycles. The highest BCUT2D eigenvalue weighted by atomic mass is 16.6. The maximum atomic E-state index is 14.3. The minimum atomic E-state index is -0.677. The summed E-state index contributed by atoms with van der Waals surface area (Å²) in [5.41, 5.74) is 2.84. The van der Waals surface area contributed by atoms with Crippen molar-refractivity contribution in [2.75, 3.05) is 0 Å². The van der Waals surface area contributed by atoms with Crippen molar-refractivity contribution in [3.05, 3.63) is 113 Å². The molecule has 10 atom stereocenters. The van der Waals surface area contributed by atoms with Crippen molar-refractivity contribution >= 4 is 23.8 Å². The zero-order chi connectivity index (χ0) is 42.3. The van der Waals surface area contributed by atoms with Gasteiger partial charge in [-0.05, 0) is 128 Å². The van der Waals surface area contributed by atoms with Gasteiger partial charge < -0.3 is 19.3 Å². The van der Waals surface area contributed by atoms with E-state index in [0.29, 0.717) is 37.7 Å². The Bertz CT molecular complexity index is 2120. The van der Waals surface area contributed by atoms with Crippen LogP contribution in [-0.2, 0) is 30.4 Å². The largest absolute Gasteiger partial charge is 0.458 e. The average molecular weight is 805 g/mol. The first kappa shape index (κ1) is 42.3. The van der Waals surface area contributed by atoms with Gasteiger partial charge in [0.25, 0.3) is 5.91 Å². The van der Waals surface area contributed by atoms with Crippen molar-refractivity contribution in [1.82, 2.24) is 9.55 Å². The number of ether oxygens (including phenoxy) is 3. The van der Waals surface area contributed by atoms with Gasteiger partial charge in [-0.1, -0.05) is 81.8 Å². The molecule has 59 heavy (non-hydrogen) atoms. The van der Waals surface area contributed by atoms with E-state index in [2.05, 4.69) is 38.8 Å². The van der Waals surface area contributed by atoms with Crippen molar-refractivity contribution < 1.29 is 38.5 Å². The second-order valence-electron chi connectivity index (χ2n) is 18.6. The van der Waals surface area contributed by atoms with Gasteiger partial charge in [0, 0.05) is 24.9 Å². The molecule has 0 unspecified atom stereocenters. The molecule has 1 heterocycles. The second-order valence-corrected chi connectivity index (χ2v) is 18.6. The number of nitrogens with zero attached hydrogens (tertiary/aromatic N) is 2. The van der Waals surface area contributed by atoms with E-state index in [-0.39, 0.29) is 64.2 Å². The number of rotatable bonds is 10. The van der Waals surface area contributed by atoms with Crippen molar-refractivity contribution in [1.29, 1.82) is 0 Å². The highest BCUT2D eigenvalue weighted by Crippen LogP contribution is 2.74. The van der Waals surface area contributed by atoms with E-state index in [1.54, 1.807) is 30.5 Å². The van der Waals surface area contributed by atoms with E-state index in [1.165, 1.54) is 24.0 Å². The summed E-state index contributed by atoms with van der Waals surface area (Å²) >= 11 is 0. The lowest BCUT2D eigenvalue weighted by molar-refractivity contribution is -0.234. The topological polar surface area (TPSA) is 134 Å². The van der Waals surface area contributed by atoms with Crippen molar-refractivity contribution in [3.63, 3.8) is 0 Å². The molecule has 0 spiro atoms. The van der Waals surface area contributed by atoms with Crippen LogP contribution in [0.4, 0.5) is 0 Å². The van der Waals surface area contributed by atoms with Gasteiger partial charge in [-0.2, -0.15) is 0 Å². The molecule has 0 radical (unpaired) electrons. The van der Waals surface area contributed by atoms with E-state index in [1.807, 2.05) is 44.2 Å². The number of aromatic nitrogens is 2. The molecule has 0 aliphatic heterocycles. The number of carbonyl (C=O) groups is 4. The Morgan fingerprint density at radius 1 is 0.915 bits per heavy atom. The first-order chi connectivity index (χ1) is 28.1. The molecule has 1 N–H and O–H groups in total. The number of hydrogen-bond acceptors (Lipinski definition) is 9. The molecule has 10 heteroatoms. The summed E-state index contributed by atoms with van der Waals surface area (Å²) in [6, 6.07) is 16.3. The van der Waals surface area contributed by atoms with E-state index in [9.17, 15) is 24.3 Å². The first-order valence-electron chi connectivity index (χ1n) is 21.3. The molecule has 1 aromatic heterocycles. The maximum Gasteiger partial charge on any atom is 0.339 e. The van der Waals surface area contributed by atoms with Crippen molar-refractivity contribution in [2.24, 2.45) is 39.9 Å². The number of allylic oxidation sites excluding steroid dienone is 2. The standard InChI is InChI=1S/C49H60N2O8/c1-30(2)14-13-19-36(45(55)57-28-33-15-9-8-10-16-33)42-38-26-39(53)43-47(5)22-21-40(59-46(56)35-18-12-11-17-34(35)44(54)51-25-24-50-29-51)31(3)37(47)20-23-48(43,6)49(38,7)27-41(42)58-32(4)52/h8-12,14-18,24-25,29,31,37-41,43,53H,13,19-23,26-28H2,1-7H3/b42-36-/t31-,37-,38-,39+,40+,41-,43-,47-,48-,49-/m0/s1. The number of imidazole rings is 1. The summed E-state index contributed by atoms with van der Waals surface area (Å²) < 4.78 is 19.8. The Morgan fingerprint density at radius 2 is 1.63 bits per heavy atom. The molecular weight excluding hydrogens is 745 g/mol. The van der Waals surface area contributed by atoms with Crippen LogP contribution in [0.15, 0.2) is 96.1 Å². The second kappa shape index (κ2) is 16.7. The summed E-state index contributed by atoms with van der Waals surface area (Å²) in [7, 11) is 0. The molecule has 0 saturated heterocycles. The summed E-state index contributed by atoms with van der Waals surface area (Å²) in [6.45, 7) is 14.7. The average Bonchev–Trinajstić information content (AvgIpc) is 3.83. The van der Waals surface area contributed by atoms with Gasteiger partial charge in [0.2, 0.25) is 0 Å². The zero-order valence-corrected chi connectivity index (χ0v) is 35.6. The number of hydrogen-bond donors (Lipinski definition) is 1. The fourth-order valence-corrected chi connectivity index (χ4v) is 12.3. The predicted molar refractivity (Wildman–Crippen MR) is 223 cm³/mol. The fraction of sp³-hybridized carbons (Fsp3) is 0.531. The van der Waals surface area contributed by atoms with Gasteiger partial charge in [0.1, 0.15) is 25.1 Å². The van der Waals surface area contributed by atoms with Crippen LogP contribution in [0, 0.1) is 39.9 Å². The molecular formula is C49H60N2O8. The Morgan fingerprint density at radius 3 is 2.31 bits per heavy atom. The summed E-state index contributed by atoms with van der Waals surface area (Å²) in [4.78, 5) is 58.1. The lowest BCUT2D eigenvalue weighted by Gasteiger charge is -2.69. The summed E-state index contributed by atoms with van der Waals surface area (Å²) in [5.74, 6) is -1.79. The van der Waals surface area contributed by atoms with Crippen LogP contribution in [-0.4, -0.2) is 56.8 Å². The number of esters is 3. The molecule has 0 bridgehead atoms. The van der Waals surface area contributed by atoms with Gasteiger partial charge >= 0.3 is 17.9 Å². The third-order valence-electron chi connectivity index (χ3n) is 15.1. The molecule has 3 aromatic rings. The van der Waals surface area contributed by atoms with Gasteiger partial charge in [0.15, 0.2) is 0 Å². The lowest BCUT2D eigenvalue weighted by atomic mass is 9.36. The summed E-state index contributed by atoms with van der Waals surface area (Å²) in [5, 5.41) is 12.6. The molecule has 4 fully saturated rings. The van der Waals surface area contributed by atoms with Gasteiger partial charge in [-0.25, -0.2) is 14.6 Å². The van der Waals surface area contributed by atoms with Crippen LogP contribution in [0.5, 0.6) is 0 Å². The predicted octanol–water partition coefficient (Wildman–Crippen LogP) is 9.07. The number of aliphatic hydroxyl groups excluding tert-OH is 1. The number of fused-ring (bicyclic) bond motifs is 5. The highest BCUT2D eigenvalue weighted by Gasteiger charge is 2.71. The van der Waals surface area contributed by atoms with Crippen molar-refractivity contribution in [2.45, 2.75) is 125 Å². The molecule has 7 rings (SSSR count). The van der Waals surface area contributed by atoms with E-state index < -0.39 is 35.5 Å². The van der Waals surface area contributed by atoms with Crippen LogP contribution in [0.2, 0.25) is 0 Å². The molecule has 4 aliphatic carbocycles. The molecule has 0 amide bonds. The molecule has 314 valence electrons. The highest BCUT2D eigenvalue weighted by molar-refractivity contribution is 6.06. The van der Waals surface area contributed by atoms with Crippen LogP contribution >= 0.6 is 0 Å². The van der Waals surface area contributed by atoms with Gasteiger partial charge in [-0.15, -0.1) is 0 Å². The number of benzene rings is 2. The Balaban J connectivity index is 1.17. The van der Waals surface area contributed by atoms with Crippen molar-refractivity contribution in [3.8, 4) is 0 Å². The Labute approximate surface area is 348 Å². The normalized spacial score (nSPS) is 33.1. The fourth-order valence-electron chi connectivity index (χ4n) is 12.3. The number of carbonyl (C=O) groups excluding carboxylic acids is 4. The molecule has 2 aromatic carbocycles. The van der Waals surface area contributed by atoms with Crippen LogP contribution in [0.1, 0.15) is 126 Å². The quantitative estimate of drug-likeness (QED) is 0.0922. The first-order valence-corrected chi connectivity index (χ1v) is 21.3. The van der Waals surface area contributed by atoms with Gasteiger partial charge in [0.05, 0.1) is 17.2 Å². The monoisotopic (exact) mass is 804 g/mol. The molecule has 10 nitrogen and oxygen atoms in total. The third-order valence-corrected chi connectivity index (χ3v) is 15.1. The Hall–Kier alpha value is -4.83. The lowest BCUT2D eigenvalue weighted by Crippen LogP contribution is -2.65. The SMILES string of the molecule is CC(=O)O[C@H]1C[C@@]2(C)[C@@H](C[C@@H](O)[C@H]3[C@@]4(C)CC[C@@H](OC(=O)c5ccccc5C(=O)n5ccnc5)[C@@H](C)[C@@H]4CC[C@@]32C)/C1=C(\CCC=C(C)C)C(=O)OCc1ccccc1. The third kappa shape index (κ3) is 7.73. The van der Waals surface area contributed by atoms with Crippen LogP contribution in [0.3, 0.4) is 0 Å².